The molecule has 1 N–H and O–H groups in total. The molecule has 8 heteroatoms. The van der Waals surface area contributed by atoms with Crippen molar-refractivity contribution in [2.75, 3.05) is 11.9 Å². The minimum atomic E-state index is -0.508. The van der Waals surface area contributed by atoms with Crippen molar-refractivity contribution >= 4 is 35.1 Å². The van der Waals surface area contributed by atoms with Crippen molar-refractivity contribution in [3.8, 4) is 11.4 Å². The van der Waals surface area contributed by atoms with Crippen molar-refractivity contribution in [1.29, 1.82) is 0 Å². The SMILES string of the molecule is O=C(COc1ccccc1F)Nc1c2c(nn1-c1cccc(Cl)c1)CSC2. The number of amides is 1. The lowest BCUT2D eigenvalue weighted by molar-refractivity contribution is -0.118. The number of carbonyl (C=O) groups is 1. The molecule has 0 saturated carbocycles. The van der Waals surface area contributed by atoms with Crippen molar-refractivity contribution < 1.29 is 13.9 Å². The number of hydrogen-bond donors (Lipinski definition) is 1. The minimum Gasteiger partial charge on any atom is -0.481 e. The summed E-state index contributed by atoms with van der Waals surface area (Å²) in [6.45, 7) is -0.302. The number of anilines is 1. The number of nitrogens with zero attached hydrogens (tertiary/aromatic N) is 2. The number of para-hydroxylation sites is 1. The van der Waals surface area contributed by atoms with E-state index in [4.69, 9.17) is 16.3 Å². The fourth-order valence-electron chi connectivity index (χ4n) is 2.81. The number of rotatable bonds is 5. The number of nitrogens with one attached hydrogen (secondary N) is 1. The Balaban J connectivity index is 1.56. The lowest BCUT2D eigenvalue weighted by atomic mass is 10.2. The van der Waals surface area contributed by atoms with Gasteiger partial charge < -0.3 is 10.1 Å². The first-order valence-electron chi connectivity index (χ1n) is 8.23. The summed E-state index contributed by atoms with van der Waals surface area (Å²) in [4.78, 5) is 12.4. The molecule has 3 aromatic rings. The van der Waals surface area contributed by atoms with E-state index in [1.54, 1.807) is 40.7 Å². The van der Waals surface area contributed by atoms with Gasteiger partial charge in [-0.3, -0.25) is 4.79 Å². The van der Waals surface area contributed by atoms with Gasteiger partial charge in [-0.25, -0.2) is 9.07 Å². The number of halogens is 2. The molecule has 0 spiro atoms. The standard InChI is InChI=1S/C19H15ClFN3O2S/c20-12-4-3-5-13(8-12)24-19(14-10-27-11-16(14)23-24)22-18(25)9-26-17-7-2-1-6-15(17)21/h1-8H,9-11H2,(H,22,25). The second-order valence-electron chi connectivity index (χ2n) is 5.93. The van der Waals surface area contributed by atoms with E-state index in [0.717, 1.165) is 28.5 Å². The Morgan fingerprint density at radius 3 is 2.93 bits per heavy atom. The van der Waals surface area contributed by atoms with Crippen LogP contribution in [0, 0.1) is 5.82 Å². The predicted molar refractivity (Wildman–Crippen MR) is 104 cm³/mol. The highest BCUT2D eigenvalue weighted by molar-refractivity contribution is 7.98. The third kappa shape index (κ3) is 3.79. The Bertz CT molecular complexity index is 1010. The van der Waals surface area contributed by atoms with Gasteiger partial charge in [0.25, 0.3) is 5.91 Å². The predicted octanol–water partition coefficient (Wildman–Crippen LogP) is 4.43. The maximum Gasteiger partial charge on any atom is 0.263 e. The first kappa shape index (κ1) is 17.9. The fourth-order valence-corrected chi connectivity index (χ4v) is 4.03. The Morgan fingerprint density at radius 2 is 2.11 bits per heavy atom. The third-order valence-electron chi connectivity index (χ3n) is 4.06. The zero-order valence-electron chi connectivity index (χ0n) is 14.1. The number of carbonyl (C=O) groups excluding carboxylic acids is 1. The van der Waals surface area contributed by atoms with E-state index in [0.29, 0.717) is 10.8 Å². The quantitative estimate of drug-likeness (QED) is 0.684. The molecule has 0 saturated heterocycles. The van der Waals surface area contributed by atoms with Crippen LogP contribution in [-0.4, -0.2) is 22.3 Å². The van der Waals surface area contributed by atoms with E-state index in [2.05, 4.69) is 10.4 Å². The molecule has 1 amide bonds. The third-order valence-corrected chi connectivity index (χ3v) is 5.26. The van der Waals surface area contributed by atoms with Gasteiger partial charge in [-0.05, 0) is 30.3 Å². The van der Waals surface area contributed by atoms with Crippen molar-refractivity contribution in [2.45, 2.75) is 11.5 Å². The first-order chi connectivity index (χ1) is 13.1. The van der Waals surface area contributed by atoms with E-state index in [1.165, 1.54) is 12.1 Å². The molecule has 1 aromatic heterocycles. The zero-order valence-corrected chi connectivity index (χ0v) is 15.7. The molecule has 2 aromatic carbocycles. The van der Waals surface area contributed by atoms with Gasteiger partial charge >= 0.3 is 0 Å². The summed E-state index contributed by atoms with van der Waals surface area (Å²) < 4.78 is 20.6. The van der Waals surface area contributed by atoms with E-state index in [1.807, 2.05) is 12.1 Å². The van der Waals surface area contributed by atoms with Crippen LogP contribution in [0.2, 0.25) is 5.02 Å². The molecule has 0 unspecified atom stereocenters. The molecule has 4 rings (SSSR count). The summed E-state index contributed by atoms with van der Waals surface area (Å²) in [5, 5.41) is 8.05. The normalized spacial score (nSPS) is 12.7. The molecule has 27 heavy (non-hydrogen) atoms. The van der Waals surface area contributed by atoms with Crippen LogP contribution in [0.5, 0.6) is 5.75 Å². The van der Waals surface area contributed by atoms with Gasteiger partial charge in [-0.1, -0.05) is 29.8 Å². The Morgan fingerprint density at radius 1 is 1.26 bits per heavy atom. The summed E-state index contributed by atoms with van der Waals surface area (Å²) in [6, 6.07) is 13.2. The largest absolute Gasteiger partial charge is 0.481 e. The topological polar surface area (TPSA) is 56.1 Å². The maximum atomic E-state index is 13.6. The van der Waals surface area contributed by atoms with Gasteiger partial charge in [0.15, 0.2) is 18.2 Å². The van der Waals surface area contributed by atoms with Crippen LogP contribution in [0.15, 0.2) is 48.5 Å². The molecule has 5 nitrogen and oxygen atoms in total. The van der Waals surface area contributed by atoms with Crippen LogP contribution in [0.3, 0.4) is 0 Å². The van der Waals surface area contributed by atoms with E-state index in [-0.39, 0.29) is 18.3 Å². The van der Waals surface area contributed by atoms with Crippen LogP contribution < -0.4 is 10.1 Å². The van der Waals surface area contributed by atoms with Crippen molar-refractivity contribution in [3.05, 3.63) is 70.6 Å². The Hall–Kier alpha value is -2.51. The highest BCUT2D eigenvalue weighted by Crippen LogP contribution is 2.36. The van der Waals surface area contributed by atoms with Crippen LogP contribution in [-0.2, 0) is 16.3 Å². The van der Waals surface area contributed by atoms with Crippen molar-refractivity contribution in [3.63, 3.8) is 0 Å². The van der Waals surface area contributed by atoms with E-state index in [9.17, 15) is 9.18 Å². The molecule has 1 aliphatic rings. The van der Waals surface area contributed by atoms with E-state index >= 15 is 0 Å². The molecule has 0 fully saturated rings. The lowest BCUT2D eigenvalue weighted by Gasteiger charge is -2.12. The van der Waals surface area contributed by atoms with Gasteiger partial charge in [0.2, 0.25) is 0 Å². The van der Waals surface area contributed by atoms with Crippen LogP contribution in [0.4, 0.5) is 10.2 Å². The molecule has 2 heterocycles. The monoisotopic (exact) mass is 403 g/mol. The minimum absolute atomic E-state index is 0.0387. The first-order valence-corrected chi connectivity index (χ1v) is 9.77. The Labute approximate surface area is 164 Å². The molecule has 138 valence electrons. The number of ether oxygens (including phenoxy) is 1. The smallest absolute Gasteiger partial charge is 0.263 e. The number of hydrogen-bond acceptors (Lipinski definition) is 4. The fraction of sp³-hybridized carbons (Fsp3) is 0.158. The zero-order chi connectivity index (χ0) is 18.8. The average Bonchev–Trinajstić information content (AvgIpc) is 3.24. The molecule has 0 aliphatic carbocycles. The van der Waals surface area contributed by atoms with Gasteiger partial charge in [0, 0.05) is 22.1 Å². The van der Waals surface area contributed by atoms with Gasteiger partial charge in [0.05, 0.1) is 11.4 Å². The molecular formula is C19H15ClFN3O2S. The molecular weight excluding hydrogens is 389 g/mol. The lowest BCUT2D eigenvalue weighted by Crippen LogP contribution is -2.22. The summed E-state index contributed by atoms with van der Waals surface area (Å²) in [7, 11) is 0. The maximum absolute atomic E-state index is 13.6. The summed E-state index contributed by atoms with van der Waals surface area (Å²) >= 11 is 7.83. The van der Waals surface area contributed by atoms with Crippen LogP contribution in [0.25, 0.3) is 5.69 Å². The summed E-state index contributed by atoms with van der Waals surface area (Å²) in [6.07, 6.45) is 0. The molecule has 0 atom stereocenters. The highest BCUT2D eigenvalue weighted by atomic mass is 35.5. The van der Waals surface area contributed by atoms with Crippen LogP contribution in [0.1, 0.15) is 11.3 Å². The number of fused-ring (bicyclic) bond motifs is 1. The number of aromatic nitrogens is 2. The summed E-state index contributed by atoms with van der Waals surface area (Å²) in [5.41, 5.74) is 2.68. The van der Waals surface area contributed by atoms with Crippen molar-refractivity contribution in [2.24, 2.45) is 0 Å². The second kappa shape index (κ2) is 7.62. The summed E-state index contributed by atoms with van der Waals surface area (Å²) in [5.74, 6) is 1.29. The van der Waals surface area contributed by atoms with Crippen molar-refractivity contribution in [1.82, 2.24) is 9.78 Å². The molecule has 0 radical (unpaired) electrons. The Kier molecular flexibility index (Phi) is 5.05. The van der Waals surface area contributed by atoms with Gasteiger partial charge in [0.1, 0.15) is 5.82 Å². The van der Waals surface area contributed by atoms with Gasteiger partial charge in [-0.2, -0.15) is 16.9 Å². The highest BCUT2D eigenvalue weighted by Gasteiger charge is 2.25. The van der Waals surface area contributed by atoms with Crippen LogP contribution >= 0.6 is 23.4 Å². The number of thioether (sulfide) groups is 1. The molecule has 0 bridgehead atoms. The second-order valence-corrected chi connectivity index (χ2v) is 7.35. The molecule has 1 aliphatic heterocycles. The van der Waals surface area contributed by atoms with E-state index < -0.39 is 5.82 Å². The number of benzene rings is 2. The van der Waals surface area contributed by atoms with Gasteiger partial charge in [-0.15, -0.1) is 0 Å². The average molecular weight is 404 g/mol.